The van der Waals surface area contributed by atoms with Gasteiger partial charge in [-0.15, -0.1) is 0 Å². The van der Waals surface area contributed by atoms with Crippen LogP contribution in [-0.4, -0.2) is 9.97 Å². The van der Waals surface area contributed by atoms with Crippen LogP contribution in [0.3, 0.4) is 0 Å². The van der Waals surface area contributed by atoms with Gasteiger partial charge in [-0.3, -0.25) is 0 Å². The summed E-state index contributed by atoms with van der Waals surface area (Å²) >= 11 is 0. The summed E-state index contributed by atoms with van der Waals surface area (Å²) < 4.78 is 0. The fourth-order valence-corrected chi connectivity index (χ4v) is 1.17. The van der Waals surface area contributed by atoms with Crippen LogP contribution in [0.5, 0.6) is 0 Å². The third-order valence-corrected chi connectivity index (χ3v) is 1.78. The fourth-order valence-electron chi connectivity index (χ4n) is 1.17. The monoisotopic (exact) mass is 208 g/mol. The number of nitrogens with two attached hydrogens (primary N) is 1. The number of nitrogens with one attached hydrogen (secondary N) is 1. The van der Waals surface area contributed by atoms with E-state index in [1.54, 1.807) is 24.3 Å². The smallest absolute Gasteiger partial charge is 0.482 e. The third kappa shape index (κ3) is 2.92. The van der Waals surface area contributed by atoms with Crippen molar-refractivity contribution in [3.8, 4) is 11.4 Å². The zero-order chi connectivity index (χ0) is 9.97. The molecule has 0 aliphatic carbocycles. The van der Waals surface area contributed by atoms with Gasteiger partial charge >= 0.3 is 29.6 Å². The number of aromatic nitrogens is 2. The molecule has 2 rings (SSSR count). The molecule has 0 amide bonds. The topological polar surface area (TPSA) is 75.6 Å². The minimum atomic E-state index is 0. The molecule has 3 N–H and O–H groups in total. The molecule has 0 saturated carbocycles. The molecule has 0 radical (unpaired) electrons. The van der Waals surface area contributed by atoms with Crippen molar-refractivity contribution in [3.05, 3.63) is 42.1 Å². The van der Waals surface area contributed by atoms with E-state index in [4.69, 9.17) is 11.5 Å². The minimum absolute atomic E-state index is 0. The van der Waals surface area contributed by atoms with Gasteiger partial charge in [0.1, 0.15) is 5.82 Å². The zero-order valence-corrected chi connectivity index (χ0v) is 10.4. The van der Waals surface area contributed by atoms with Crippen LogP contribution < -0.4 is 35.3 Å². The molecular formula is C10H9N4Na. The van der Waals surface area contributed by atoms with Crippen molar-refractivity contribution in [2.24, 2.45) is 0 Å². The van der Waals surface area contributed by atoms with Gasteiger partial charge < -0.3 is 16.5 Å². The van der Waals surface area contributed by atoms with Crippen molar-refractivity contribution in [1.29, 1.82) is 0 Å². The van der Waals surface area contributed by atoms with Gasteiger partial charge in [0.05, 0.1) is 5.69 Å². The summed E-state index contributed by atoms with van der Waals surface area (Å²) in [7, 11) is 0. The molecular weight excluding hydrogens is 199 g/mol. The maximum absolute atomic E-state index is 7.37. The van der Waals surface area contributed by atoms with Crippen molar-refractivity contribution in [2.75, 3.05) is 5.73 Å². The number of nitrogen functional groups attached to an aromatic ring is 1. The van der Waals surface area contributed by atoms with Crippen molar-refractivity contribution in [1.82, 2.24) is 9.97 Å². The van der Waals surface area contributed by atoms with Gasteiger partial charge in [0.2, 0.25) is 0 Å². The molecule has 0 unspecified atom stereocenters. The summed E-state index contributed by atoms with van der Waals surface area (Å²) in [6.45, 7) is 0. The molecule has 15 heavy (non-hydrogen) atoms. The predicted molar refractivity (Wildman–Crippen MR) is 55.9 cm³/mol. The molecule has 0 aliphatic rings. The average molecular weight is 208 g/mol. The number of nitrogens with zero attached hydrogens (tertiary/aromatic N) is 2. The van der Waals surface area contributed by atoms with Crippen LogP contribution in [0.15, 0.2) is 36.4 Å². The van der Waals surface area contributed by atoms with Crippen molar-refractivity contribution >= 4 is 11.6 Å². The zero-order valence-electron chi connectivity index (χ0n) is 8.44. The molecule has 5 heteroatoms. The van der Waals surface area contributed by atoms with Crippen molar-refractivity contribution < 1.29 is 29.6 Å². The molecule has 2 heterocycles. The quantitative estimate of drug-likeness (QED) is 0.636. The third-order valence-electron chi connectivity index (χ3n) is 1.78. The average Bonchev–Trinajstić information content (AvgIpc) is 2.18. The molecule has 0 atom stereocenters. The summed E-state index contributed by atoms with van der Waals surface area (Å²) in [5, 5.41) is 0. The molecule has 0 bridgehead atoms. The number of hydrogen-bond donors (Lipinski definition) is 1. The van der Waals surface area contributed by atoms with Gasteiger partial charge in [0.15, 0.2) is 0 Å². The molecule has 70 valence electrons. The summed E-state index contributed by atoms with van der Waals surface area (Å²) in [5.74, 6) is 0.686. The van der Waals surface area contributed by atoms with Crippen LogP contribution in [0, 0.1) is 0 Å². The van der Waals surface area contributed by atoms with Gasteiger partial charge in [-0.2, -0.15) is 0 Å². The van der Waals surface area contributed by atoms with E-state index in [0.717, 1.165) is 0 Å². The van der Waals surface area contributed by atoms with Crippen LogP contribution in [0.4, 0.5) is 11.6 Å². The summed E-state index contributed by atoms with van der Waals surface area (Å²) in [4.78, 5) is 8.15. The molecule has 2 aromatic heterocycles. The molecule has 0 aromatic carbocycles. The van der Waals surface area contributed by atoms with Crippen LogP contribution in [0.1, 0.15) is 0 Å². The van der Waals surface area contributed by atoms with Crippen molar-refractivity contribution in [3.63, 3.8) is 0 Å². The Morgan fingerprint density at radius 1 is 0.933 bits per heavy atom. The second kappa shape index (κ2) is 5.11. The van der Waals surface area contributed by atoms with E-state index in [1.165, 1.54) is 0 Å². The number of anilines is 1. The maximum Gasteiger partial charge on any atom is 1.00 e. The predicted octanol–water partition coefficient (Wildman–Crippen LogP) is -0.587. The Balaban J connectivity index is 0.00000112. The van der Waals surface area contributed by atoms with Crippen LogP contribution in [-0.2, 0) is 0 Å². The van der Waals surface area contributed by atoms with Gasteiger partial charge in [-0.1, -0.05) is 30.1 Å². The first-order chi connectivity index (χ1) is 6.75. The Morgan fingerprint density at radius 2 is 1.53 bits per heavy atom. The van der Waals surface area contributed by atoms with E-state index in [9.17, 15) is 0 Å². The molecule has 0 spiro atoms. The van der Waals surface area contributed by atoms with Crippen LogP contribution in [0.2, 0.25) is 0 Å². The first-order valence-corrected chi connectivity index (χ1v) is 4.17. The Morgan fingerprint density at radius 3 is 2.13 bits per heavy atom. The van der Waals surface area contributed by atoms with E-state index in [1.807, 2.05) is 12.1 Å². The van der Waals surface area contributed by atoms with Gasteiger partial charge in [0, 0.05) is 0 Å². The van der Waals surface area contributed by atoms with E-state index in [0.29, 0.717) is 17.2 Å². The molecule has 0 fully saturated rings. The second-order valence-corrected chi connectivity index (χ2v) is 2.86. The Bertz CT molecular complexity index is 415. The van der Waals surface area contributed by atoms with Crippen LogP contribution in [0.25, 0.3) is 17.1 Å². The Hall–Kier alpha value is -1.10. The number of hydrogen-bond acceptors (Lipinski definition) is 3. The largest absolute Gasteiger partial charge is 1.00 e. The summed E-state index contributed by atoms with van der Waals surface area (Å²) in [6.07, 6.45) is 0. The summed E-state index contributed by atoms with van der Waals surface area (Å²) in [6, 6.07) is 10.5. The van der Waals surface area contributed by atoms with E-state index in [2.05, 4.69) is 9.97 Å². The normalized spacial score (nSPS) is 9.33. The van der Waals surface area contributed by atoms with E-state index < -0.39 is 0 Å². The Labute approximate surface area is 110 Å². The second-order valence-electron chi connectivity index (χ2n) is 2.86. The minimum Gasteiger partial charge on any atom is -0.482 e. The first kappa shape index (κ1) is 12.0. The molecule has 2 aromatic rings. The van der Waals surface area contributed by atoms with Gasteiger partial charge in [0.25, 0.3) is 0 Å². The summed E-state index contributed by atoms with van der Waals surface area (Å²) in [5.41, 5.74) is 14.3. The number of pyridine rings is 2. The number of rotatable bonds is 1. The fraction of sp³-hybridized carbons (Fsp3) is 0. The SMILES string of the molecule is [NH-]c1cccc(-c2cccc(N)n2)n1.[Na+]. The van der Waals surface area contributed by atoms with Crippen LogP contribution >= 0.6 is 0 Å². The molecule has 0 saturated heterocycles. The Kier molecular flexibility index (Phi) is 4.08. The van der Waals surface area contributed by atoms with Gasteiger partial charge in [-0.05, 0) is 17.8 Å². The first-order valence-electron chi connectivity index (χ1n) is 4.17. The standard InChI is InChI=1S/C10H9N4.Na/c11-9-5-1-3-7(13-9)8-4-2-6-10(12)14-8;/h1-6H,(H3-,11,12,13,14);/q-1;+1. The van der Waals surface area contributed by atoms with E-state index in [-0.39, 0.29) is 35.4 Å². The molecule has 4 nitrogen and oxygen atoms in total. The molecule has 0 aliphatic heterocycles. The van der Waals surface area contributed by atoms with E-state index >= 15 is 0 Å². The van der Waals surface area contributed by atoms with Crippen molar-refractivity contribution in [2.45, 2.75) is 0 Å². The van der Waals surface area contributed by atoms with Gasteiger partial charge in [-0.25, -0.2) is 4.98 Å². The maximum atomic E-state index is 7.37.